The molecule has 0 spiro atoms. The Hall–Kier alpha value is -0.930. The zero-order valence-corrected chi connectivity index (χ0v) is 11.5. The van der Waals surface area contributed by atoms with Gasteiger partial charge in [-0.1, -0.05) is 49.1 Å². The van der Waals surface area contributed by atoms with Gasteiger partial charge in [0.15, 0.2) is 0 Å². The molecule has 0 bridgehead atoms. The van der Waals surface area contributed by atoms with Crippen molar-refractivity contribution in [1.29, 1.82) is 0 Å². The lowest BCUT2D eigenvalue weighted by Gasteiger charge is -2.20. The van der Waals surface area contributed by atoms with Crippen molar-refractivity contribution in [3.63, 3.8) is 0 Å². The van der Waals surface area contributed by atoms with Crippen LogP contribution in [0.2, 0.25) is 10.0 Å². The predicted molar refractivity (Wildman–Crippen MR) is 70.6 cm³/mol. The van der Waals surface area contributed by atoms with Gasteiger partial charge in [-0.2, -0.15) is 0 Å². The third kappa shape index (κ3) is 4.10. The van der Waals surface area contributed by atoms with Crippen molar-refractivity contribution in [1.82, 2.24) is 0 Å². The Kier molecular flexibility index (Phi) is 4.66. The first-order chi connectivity index (χ1) is 7.84. The van der Waals surface area contributed by atoms with Gasteiger partial charge in [-0.3, -0.25) is 0 Å². The minimum absolute atomic E-state index is 0.182. The second kappa shape index (κ2) is 5.61. The minimum Gasteiger partial charge on any atom is -0.486 e. The first-order valence-electron chi connectivity index (χ1n) is 5.14. The summed E-state index contributed by atoms with van der Waals surface area (Å²) in [7, 11) is 0. The number of halogens is 2. The summed E-state index contributed by atoms with van der Waals surface area (Å²) >= 11 is 11.7. The third-order valence-electron chi connectivity index (χ3n) is 2.24. The molecule has 1 rings (SSSR count). The van der Waals surface area contributed by atoms with Gasteiger partial charge < -0.3 is 9.94 Å². The van der Waals surface area contributed by atoms with Gasteiger partial charge in [-0.15, -0.1) is 0 Å². The lowest BCUT2D eigenvalue weighted by atomic mass is 9.90. The zero-order valence-electron chi connectivity index (χ0n) is 10.00. The van der Waals surface area contributed by atoms with E-state index in [1.165, 1.54) is 0 Å². The van der Waals surface area contributed by atoms with Gasteiger partial charge >= 0.3 is 0 Å². The van der Waals surface area contributed by atoms with Crippen molar-refractivity contribution in [2.45, 2.75) is 20.8 Å². The highest BCUT2D eigenvalue weighted by molar-refractivity contribution is 6.35. The second-order valence-corrected chi connectivity index (χ2v) is 5.50. The molecule has 3 nitrogen and oxygen atoms in total. The molecule has 0 heterocycles. The normalized spacial score (nSPS) is 12.6. The molecule has 0 fully saturated rings. The van der Waals surface area contributed by atoms with Crippen molar-refractivity contribution in [2.75, 3.05) is 6.61 Å². The van der Waals surface area contributed by atoms with Crippen LogP contribution in [0, 0.1) is 5.41 Å². The van der Waals surface area contributed by atoms with E-state index in [0.29, 0.717) is 21.5 Å². The standard InChI is InChI=1S/C12H15Cl2NO2/c1-12(2,3)11(15-16)7-17-10-5-4-8(13)6-9(10)14/h4-6,16H,7H2,1-3H3/b15-11+. The van der Waals surface area contributed by atoms with E-state index in [4.69, 9.17) is 33.1 Å². The molecule has 1 N–H and O–H groups in total. The number of hydrogen-bond donors (Lipinski definition) is 1. The first-order valence-corrected chi connectivity index (χ1v) is 5.89. The molecular formula is C12H15Cl2NO2. The molecule has 0 amide bonds. The van der Waals surface area contributed by atoms with Gasteiger partial charge in [0.2, 0.25) is 0 Å². The number of oxime groups is 1. The fraction of sp³-hybridized carbons (Fsp3) is 0.417. The molecule has 0 aliphatic heterocycles. The maximum Gasteiger partial charge on any atom is 0.138 e. The summed E-state index contributed by atoms with van der Waals surface area (Å²) in [6, 6.07) is 4.98. The highest BCUT2D eigenvalue weighted by Gasteiger charge is 2.20. The molecule has 0 radical (unpaired) electrons. The van der Waals surface area contributed by atoms with E-state index in [9.17, 15) is 0 Å². The van der Waals surface area contributed by atoms with E-state index in [1.54, 1.807) is 18.2 Å². The molecule has 1 aromatic carbocycles. The summed E-state index contributed by atoms with van der Waals surface area (Å²) in [6.07, 6.45) is 0. The molecule has 0 atom stereocenters. The lowest BCUT2D eigenvalue weighted by molar-refractivity contribution is 0.294. The van der Waals surface area contributed by atoms with E-state index in [2.05, 4.69) is 5.16 Å². The smallest absolute Gasteiger partial charge is 0.138 e. The van der Waals surface area contributed by atoms with E-state index < -0.39 is 0 Å². The van der Waals surface area contributed by atoms with Gasteiger partial charge in [0, 0.05) is 10.4 Å². The van der Waals surface area contributed by atoms with Crippen LogP contribution in [0.4, 0.5) is 0 Å². The quantitative estimate of drug-likeness (QED) is 0.509. The SMILES string of the molecule is CC(C)(C)/C(COc1ccc(Cl)cc1Cl)=N/O. The molecular weight excluding hydrogens is 261 g/mol. The first kappa shape index (κ1) is 14.1. The Labute approximate surface area is 111 Å². The van der Waals surface area contributed by atoms with E-state index in [1.807, 2.05) is 20.8 Å². The summed E-state index contributed by atoms with van der Waals surface area (Å²) in [6.45, 7) is 6.00. The summed E-state index contributed by atoms with van der Waals surface area (Å²) < 4.78 is 5.49. The molecule has 1 aromatic rings. The molecule has 17 heavy (non-hydrogen) atoms. The van der Waals surface area contributed by atoms with Crippen LogP contribution in [-0.2, 0) is 0 Å². The molecule has 0 aromatic heterocycles. The number of rotatable bonds is 3. The van der Waals surface area contributed by atoms with Crippen molar-refractivity contribution < 1.29 is 9.94 Å². The van der Waals surface area contributed by atoms with Crippen molar-refractivity contribution in [3.05, 3.63) is 28.2 Å². The van der Waals surface area contributed by atoms with Gasteiger partial charge in [-0.25, -0.2) is 0 Å². The van der Waals surface area contributed by atoms with E-state index >= 15 is 0 Å². The topological polar surface area (TPSA) is 41.8 Å². The largest absolute Gasteiger partial charge is 0.486 e. The molecule has 0 aliphatic carbocycles. The Morgan fingerprint density at radius 3 is 2.47 bits per heavy atom. The van der Waals surface area contributed by atoms with Crippen molar-refractivity contribution >= 4 is 28.9 Å². The molecule has 5 heteroatoms. The molecule has 94 valence electrons. The van der Waals surface area contributed by atoms with Gasteiger partial charge in [0.1, 0.15) is 12.4 Å². The van der Waals surface area contributed by atoms with Crippen molar-refractivity contribution in [2.24, 2.45) is 10.6 Å². The van der Waals surface area contributed by atoms with Crippen LogP contribution < -0.4 is 4.74 Å². The molecule has 0 aliphatic rings. The lowest BCUT2D eigenvalue weighted by Crippen LogP contribution is -2.26. The van der Waals surface area contributed by atoms with Crippen LogP contribution in [-0.4, -0.2) is 17.5 Å². The highest BCUT2D eigenvalue weighted by Crippen LogP contribution is 2.28. The molecule has 0 saturated heterocycles. The number of nitrogens with zero attached hydrogens (tertiary/aromatic N) is 1. The van der Waals surface area contributed by atoms with Gasteiger partial charge in [0.05, 0.1) is 10.7 Å². The highest BCUT2D eigenvalue weighted by atomic mass is 35.5. The van der Waals surface area contributed by atoms with Crippen LogP contribution in [0.15, 0.2) is 23.4 Å². The number of benzene rings is 1. The summed E-state index contributed by atoms with van der Waals surface area (Å²) in [5.74, 6) is 0.515. The van der Waals surface area contributed by atoms with Gasteiger partial charge in [-0.05, 0) is 18.2 Å². The van der Waals surface area contributed by atoms with E-state index in [-0.39, 0.29) is 12.0 Å². The monoisotopic (exact) mass is 275 g/mol. The van der Waals surface area contributed by atoms with Crippen LogP contribution in [0.5, 0.6) is 5.75 Å². The maximum atomic E-state index is 8.91. The van der Waals surface area contributed by atoms with Gasteiger partial charge in [0.25, 0.3) is 0 Å². The summed E-state index contributed by atoms with van der Waals surface area (Å²) in [5, 5.41) is 13.1. The fourth-order valence-electron chi connectivity index (χ4n) is 1.13. The fourth-order valence-corrected chi connectivity index (χ4v) is 1.60. The van der Waals surface area contributed by atoms with Crippen LogP contribution in [0.3, 0.4) is 0 Å². The van der Waals surface area contributed by atoms with Crippen LogP contribution in [0.1, 0.15) is 20.8 Å². The molecule has 0 saturated carbocycles. The Bertz CT molecular complexity index is 425. The summed E-state index contributed by atoms with van der Waals surface area (Å²) in [4.78, 5) is 0. The number of ether oxygens (including phenoxy) is 1. The average Bonchev–Trinajstić information content (AvgIpc) is 2.19. The maximum absolute atomic E-state index is 8.91. The summed E-state index contributed by atoms with van der Waals surface area (Å²) in [5.41, 5.74) is 0.289. The zero-order chi connectivity index (χ0) is 13.1. The Balaban J connectivity index is 2.74. The third-order valence-corrected chi connectivity index (χ3v) is 2.78. The molecule has 0 unspecified atom stereocenters. The minimum atomic E-state index is -0.256. The van der Waals surface area contributed by atoms with Crippen LogP contribution >= 0.6 is 23.2 Å². The van der Waals surface area contributed by atoms with E-state index in [0.717, 1.165) is 0 Å². The Morgan fingerprint density at radius 1 is 1.35 bits per heavy atom. The number of hydrogen-bond acceptors (Lipinski definition) is 3. The second-order valence-electron chi connectivity index (χ2n) is 4.66. The van der Waals surface area contributed by atoms with Crippen molar-refractivity contribution in [3.8, 4) is 5.75 Å². The Morgan fingerprint density at radius 2 is 2.00 bits per heavy atom. The van der Waals surface area contributed by atoms with Crippen LogP contribution in [0.25, 0.3) is 0 Å². The predicted octanol–water partition coefficient (Wildman–Crippen LogP) is 4.25. The average molecular weight is 276 g/mol.